The first-order valence-electron chi connectivity index (χ1n) is 8.94. The van der Waals surface area contributed by atoms with Crippen LogP contribution in [-0.4, -0.2) is 37.3 Å². The van der Waals surface area contributed by atoms with Crippen LogP contribution < -0.4 is 5.32 Å². The molecule has 5 nitrogen and oxygen atoms in total. The normalized spacial score (nSPS) is 16.7. The predicted octanol–water partition coefficient (Wildman–Crippen LogP) is 4.07. The van der Waals surface area contributed by atoms with Crippen LogP contribution in [0.4, 0.5) is 0 Å². The Morgan fingerprint density at radius 1 is 1.15 bits per heavy atom. The summed E-state index contributed by atoms with van der Waals surface area (Å²) in [5.41, 5.74) is -0.210. The number of halogens is 1. The van der Waals surface area contributed by atoms with Crippen LogP contribution >= 0.6 is 11.6 Å². The lowest BCUT2D eigenvalue weighted by Gasteiger charge is -2.33. The summed E-state index contributed by atoms with van der Waals surface area (Å²) in [4.78, 5) is 12.9. The molecule has 0 aliphatic carbocycles. The molecule has 0 spiro atoms. The van der Waals surface area contributed by atoms with E-state index in [9.17, 15) is 13.2 Å². The number of hydrogen-bond donors (Lipinski definition) is 1. The van der Waals surface area contributed by atoms with E-state index in [-0.39, 0.29) is 26.8 Å². The number of hydrogen-bond acceptors (Lipinski definition) is 3. The van der Waals surface area contributed by atoms with Gasteiger partial charge in [0.2, 0.25) is 10.0 Å². The van der Waals surface area contributed by atoms with Gasteiger partial charge in [0.25, 0.3) is 5.91 Å². The van der Waals surface area contributed by atoms with Crippen molar-refractivity contribution in [3.63, 3.8) is 0 Å². The maximum atomic E-state index is 12.8. The maximum absolute atomic E-state index is 12.8. The van der Waals surface area contributed by atoms with Gasteiger partial charge >= 0.3 is 0 Å². The van der Waals surface area contributed by atoms with E-state index in [1.54, 1.807) is 0 Å². The van der Waals surface area contributed by atoms with Gasteiger partial charge in [-0.05, 0) is 56.7 Å². The average molecular weight is 401 g/mol. The summed E-state index contributed by atoms with van der Waals surface area (Å²) in [6.07, 6.45) is 2.50. The van der Waals surface area contributed by atoms with E-state index >= 15 is 0 Å². The van der Waals surface area contributed by atoms with E-state index in [4.69, 9.17) is 11.6 Å². The first-order valence-corrected chi connectivity index (χ1v) is 10.8. The lowest BCUT2D eigenvalue weighted by molar-refractivity contribution is 0.0891. The van der Waals surface area contributed by atoms with Gasteiger partial charge in [0.15, 0.2) is 0 Å². The highest BCUT2D eigenvalue weighted by Crippen LogP contribution is 2.29. The minimum absolute atomic E-state index is 0.0432. The van der Waals surface area contributed by atoms with E-state index in [1.807, 2.05) is 13.8 Å². The summed E-state index contributed by atoms with van der Waals surface area (Å²) in [6, 6.07) is 4.34. The lowest BCUT2D eigenvalue weighted by atomic mass is 9.81. The fourth-order valence-corrected chi connectivity index (χ4v) is 5.41. The molecule has 0 unspecified atom stereocenters. The van der Waals surface area contributed by atoms with Crippen LogP contribution in [0.25, 0.3) is 0 Å². The van der Waals surface area contributed by atoms with E-state index in [0.717, 1.165) is 19.3 Å². The number of nitrogens with one attached hydrogen (secondary N) is 1. The summed E-state index contributed by atoms with van der Waals surface area (Å²) in [6.45, 7) is 11.3. The van der Waals surface area contributed by atoms with Gasteiger partial charge in [-0.15, -0.1) is 0 Å². The van der Waals surface area contributed by atoms with Gasteiger partial charge in [-0.1, -0.05) is 32.4 Å². The minimum Gasteiger partial charge on any atom is -0.347 e. The number of carbonyl (C=O) groups is 1. The minimum atomic E-state index is -3.59. The van der Waals surface area contributed by atoms with Gasteiger partial charge in [0, 0.05) is 18.6 Å². The van der Waals surface area contributed by atoms with Gasteiger partial charge in [-0.2, -0.15) is 4.31 Å². The predicted molar refractivity (Wildman–Crippen MR) is 105 cm³/mol. The van der Waals surface area contributed by atoms with E-state index in [1.165, 1.54) is 22.5 Å². The summed E-state index contributed by atoms with van der Waals surface area (Å²) < 4.78 is 26.9. The first-order chi connectivity index (χ1) is 11.8. The van der Waals surface area contributed by atoms with Crippen LogP contribution in [-0.2, 0) is 10.0 Å². The maximum Gasteiger partial charge on any atom is 0.253 e. The Morgan fingerprint density at radius 3 is 2.27 bits per heavy atom. The Morgan fingerprint density at radius 2 is 1.73 bits per heavy atom. The van der Waals surface area contributed by atoms with Crippen LogP contribution in [0.5, 0.6) is 0 Å². The number of sulfonamides is 1. The summed E-state index contributed by atoms with van der Waals surface area (Å²) in [7, 11) is -3.59. The zero-order valence-corrected chi connectivity index (χ0v) is 17.8. The third-order valence-corrected chi connectivity index (χ3v) is 6.53. The Balaban J connectivity index is 2.28. The van der Waals surface area contributed by atoms with Crippen molar-refractivity contribution in [3.05, 3.63) is 28.8 Å². The number of nitrogens with zero attached hydrogens (tertiary/aromatic N) is 1. The molecule has 1 fully saturated rings. The third-order valence-electron chi connectivity index (χ3n) is 4.31. The molecule has 1 saturated heterocycles. The SMILES string of the molecule is CC(C)(C)CC(C)(C)NC(=O)c1cc(S(=O)(=O)N2CCCC2)ccc1Cl. The highest BCUT2D eigenvalue weighted by molar-refractivity contribution is 7.89. The van der Waals surface area contributed by atoms with Crippen LogP contribution in [0.2, 0.25) is 5.02 Å². The van der Waals surface area contributed by atoms with Crippen molar-refractivity contribution >= 4 is 27.5 Å². The number of rotatable bonds is 5. The smallest absolute Gasteiger partial charge is 0.253 e. The quantitative estimate of drug-likeness (QED) is 0.810. The second-order valence-corrected chi connectivity index (χ2v) is 11.2. The summed E-state index contributed by atoms with van der Waals surface area (Å²) in [5, 5.41) is 3.23. The fraction of sp³-hybridized carbons (Fsp3) is 0.632. The second-order valence-electron chi connectivity index (χ2n) is 8.83. The van der Waals surface area contributed by atoms with Gasteiger partial charge in [0.1, 0.15) is 0 Å². The zero-order valence-electron chi connectivity index (χ0n) is 16.2. The monoisotopic (exact) mass is 400 g/mol. The van der Waals surface area contributed by atoms with E-state index in [0.29, 0.717) is 13.1 Å². The third kappa shape index (κ3) is 5.21. The van der Waals surface area contributed by atoms with Crippen molar-refractivity contribution in [2.45, 2.75) is 64.3 Å². The molecule has 26 heavy (non-hydrogen) atoms. The first kappa shape index (κ1) is 21.2. The van der Waals surface area contributed by atoms with Crippen molar-refractivity contribution in [2.75, 3.05) is 13.1 Å². The molecule has 146 valence electrons. The Kier molecular flexibility index (Phi) is 6.10. The van der Waals surface area contributed by atoms with Crippen LogP contribution in [0.3, 0.4) is 0 Å². The van der Waals surface area contributed by atoms with Gasteiger partial charge in [-0.25, -0.2) is 8.42 Å². The topological polar surface area (TPSA) is 66.5 Å². The van der Waals surface area contributed by atoms with Crippen molar-refractivity contribution in [2.24, 2.45) is 5.41 Å². The molecule has 1 heterocycles. The standard InChI is InChI=1S/C19H29ClN2O3S/c1-18(2,3)13-19(4,5)21-17(23)15-12-14(8-9-16(15)20)26(24,25)22-10-6-7-11-22/h8-9,12H,6-7,10-11,13H2,1-5H3,(H,21,23). The molecule has 2 rings (SSSR count). The number of carbonyl (C=O) groups excluding carboxylic acids is 1. The van der Waals surface area contributed by atoms with Crippen molar-refractivity contribution in [1.29, 1.82) is 0 Å². The van der Waals surface area contributed by atoms with Crippen LogP contribution in [0.1, 0.15) is 64.2 Å². The highest BCUT2D eigenvalue weighted by Gasteiger charge is 2.30. The Bertz CT molecular complexity index is 776. The number of benzene rings is 1. The highest BCUT2D eigenvalue weighted by atomic mass is 35.5. The van der Waals surface area contributed by atoms with Crippen LogP contribution in [0, 0.1) is 5.41 Å². The summed E-state index contributed by atoms with van der Waals surface area (Å²) >= 11 is 6.19. The molecule has 1 aliphatic rings. The molecule has 7 heteroatoms. The van der Waals surface area contributed by atoms with Crippen molar-refractivity contribution < 1.29 is 13.2 Å². The second kappa shape index (κ2) is 7.49. The molecule has 1 N–H and O–H groups in total. The van der Waals surface area contributed by atoms with E-state index < -0.39 is 15.6 Å². The molecule has 0 atom stereocenters. The average Bonchev–Trinajstić information content (AvgIpc) is 2.98. The lowest BCUT2D eigenvalue weighted by Crippen LogP contribution is -2.46. The van der Waals surface area contributed by atoms with Crippen molar-refractivity contribution in [1.82, 2.24) is 9.62 Å². The van der Waals surface area contributed by atoms with Gasteiger partial charge in [0.05, 0.1) is 15.5 Å². The van der Waals surface area contributed by atoms with Gasteiger partial charge < -0.3 is 5.32 Å². The Hall–Kier alpha value is -1.11. The molecular formula is C19H29ClN2O3S. The molecule has 0 aromatic heterocycles. The molecule has 0 saturated carbocycles. The largest absolute Gasteiger partial charge is 0.347 e. The molecule has 1 aromatic rings. The Labute approximate surface area is 162 Å². The summed E-state index contributed by atoms with van der Waals surface area (Å²) in [5.74, 6) is -0.359. The molecule has 1 amide bonds. The zero-order chi connectivity index (χ0) is 19.8. The molecular weight excluding hydrogens is 372 g/mol. The molecule has 1 aliphatic heterocycles. The molecule has 1 aromatic carbocycles. The molecule has 0 radical (unpaired) electrons. The van der Waals surface area contributed by atoms with Gasteiger partial charge in [-0.3, -0.25) is 4.79 Å². The van der Waals surface area contributed by atoms with E-state index in [2.05, 4.69) is 26.1 Å². The van der Waals surface area contributed by atoms with Crippen LogP contribution in [0.15, 0.2) is 23.1 Å². The molecule has 0 bridgehead atoms. The van der Waals surface area contributed by atoms with Crippen molar-refractivity contribution in [3.8, 4) is 0 Å². The fourth-order valence-electron chi connectivity index (χ4n) is 3.66. The number of amides is 1.